The Morgan fingerprint density at radius 2 is 1.77 bits per heavy atom. The molecule has 0 spiro atoms. The Balaban J connectivity index is 2.64. The first-order chi connectivity index (χ1) is 10.5. The molecule has 6 nitrogen and oxygen atoms in total. The largest absolute Gasteiger partial charge is 0.335 e. The Morgan fingerprint density at radius 1 is 1.18 bits per heavy atom. The predicted molar refractivity (Wildman–Crippen MR) is 87.9 cm³/mol. The molecule has 0 unspecified atom stereocenters. The van der Waals surface area contributed by atoms with Gasteiger partial charge in [0, 0.05) is 12.1 Å². The third kappa shape index (κ3) is 6.71. The quantitative estimate of drug-likeness (QED) is 0.644. The fourth-order valence-electron chi connectivity index (χ4n) is 1.93. The highest BCUT2D eigenvalue weighted by Crippen LogP contribution is 2.51. The van der Waals surface area contributed by atoms with E-state index in [0.29, 0.717) is 38.3 Å². The van der Waals surface area contributed by atoms with E-state index in [9.17, 15) is 9.36 Å². The van der Waals surface area contributed by atoms with Crippen LogP contribution in [0.25, 0.3) is 0 Å². The molecule has 0 aliphatic heterocycles. The molecule has 7 heteroatoms. The minimum Gasteiger partial charge on any atom is -0.330 e. The Labute approximate surface area is 131 Å². The Kier molecular flexibility index (Phi) is 8.35. The maximum atomic E-state index is 12.4. The average Bonchev–Trinajstić information content (AvgIpc) is 2.47. The molecule has 1 aromatic rings. The number of hydrogen-bond acceptors (Lipinski definition) is 5. The maximum absolute atomic E-state index is 12.4. The fourth-order valence-corrected chi connectivity index (χ4v) is 3.63. The number of nitrogens with two attached hydrogens (primary N) is 1. The van der Waals surface area contributed by atoms with Crippen LogP contribution in [0.5, 0.6) is 0 Å². The van der Waals surface area contributed by atoms with Gasteiger partial charge in [0.25, 0.3) is 0 Å². The van der Waals surface area contributed by atoms with Gasteiger partial charge >= 0.3 is 7.60 Å². The molecule has 124 valence electrons. The topological polar surface area (TPSA) is 90.7 Å². The van der Waals surface area contributed by atoms with Crippen LogP contribution in [0.1, 0.15) is 32.3 Å². The summed E-state index contributed by atoms with van der Waals surface area (Å²) in [7, 11) is -3.10. The molecule has 1 rings (SSSR count). The summed E-state index contributed by atoms with van der Waals surface area (Å²) in [4.78, 5) is 11.6. The van der Waals surface area contributed by atoms with Crippen LogP contribution in [-0.4, -0.2) is 25.7 Å². The summed E-state index contributed by atoms with van der Waals surface area (Å²) in [6.45, 7) is 4.74. The molecule has 0 bridgehead atoms. The lowest BCUT2D eigenvalue weighted by atomic mass is 10.2. The second-order valence-electron chi connectivity index (χ2n) is 4.74. The zero-order valence-corrected chi connectivity index (χ0v) is 14.1. The zero-order chi connectivity index (χ0) is 16.4. The third-order valence-electron chi connectivity index (χ3n) is 2.87. The molecule has 3 N–H and O–H groups in total. The van der Waals surface area contributed by atoms with Crippen LogP contribution < -0.4 is 11.1 Å². The first kappa shape index (κ1) is 18.8. The highest BCUT2D eigenvalue weighted by atomic mass is 31.2. The molecule has 0 fully saturated rings. The Hall–Kier alpha value is -1.20. The fraction of sp³-hybridized carbons (Fsp3) is 0.533. The van der Waals surface area contributed by atoms with Crippen LogP contribution in [0.4, 0.5) is 5.69 Å². The second-order valence-corrected chi connectivity index (χ2v) is 6.80. The molecule has 0 heterocycles. The van der Waals surface area contributed by atoms with Crippen molar-refractivity contribution in [2.45, 2.75) is 32.9 Å². The standard InChI is InChI=1S/C15H25N2O4P/c1-3-20-22(19,21-4-2)12-13-7-9-14(10-8-13)17-15(18)6-5-11-16/h7-10H,3-6,11-12,16H2,1-2H3,(H,17,18). The van der Waals surface area contributed by atoms with Gasteiger partial charge in [0.15, 0.2) is 0 Å². The van der Waals surface area contributed by atoms with Crippen molar-refractivity contribution in [3.05, 3.63) is 29.8 Å². The molecule has 0 saturated heterocycles. The van der Waals surface area contributed by atoms with E-state index < -0.39 is 7.60 Å². The van der Waals surface area contributed by atoms with E-state index in [2.05, 4.69) is 5.32 Å². The number of amides is 1. The molecule has 0 atom stereocenters. The summed E-state index contributed by atoms with van der Waals surface area (Å²) in [5.74, 6) is -0.0625. The molecule has 0 saturated carbocycles. The van der Waals surface area contributed by atoms with E-state index >= 15 is 0 Å². The summed E-state index contributed by atoms with van der Waals surface area (Å²) >= 11 is 0. The lowest BCUT2D eigenvalue weighted by Crippen LogP contribution is -2.13. The lowest BCUT2D eigenvalue weighted by molar-refractivity contribution is -0.116. The highest BCUT2D eigenvalue weighted by Gasteiger charge is 2.23. The molecule has 1 amide bonds. The summed E-state index contributed by atoms with van der Waals surface area (Å²) in [6.07, 6.45) is 1.29. The van der Waals surface area contributed by atoms with Gasteiger partial charge in [0.2, 0.25) is 5.91 Å². The molecular weight excluding hydrogens is 303 g/mol. The monoisotopic (exact) mass is 328 g/mol. The van der Waals surface area contributed by atoms with E-state index in [0.717, 1.165) is 5.56 Å². The molecule has 0 radical (unpaired) electrons. The highest BCUT2D eigenvalue weighted by molar-refractivity contribution is 7.53. The number of carbonyl (C=O) groups excluding carboxylic acids is 1. The normalized spacial score (nSPS) is 11.4. The Bertz CT molecular complexity index is 495. The Morgan fingerprint density at radius 3 is 2.27 bits per heavy atom. The van der Waals surface area contributed by atoms with Gasteiger partial charge in [-0.25, -0.2) is 0 Å². The molecule has 22 heavy (non-hydrogen) atoms. The number of nitrogens with one attached hydrogen (secondary N) is 1. The van der Waals surface area contributed by atoms with Crippen molar-refractivity contribution in [2.75, 3.05) is 25.1 Å². The number of hydrogen-bond donors (Lipinski definition) is 2. The van der Waals surface area contributed by atoms with Gasteiger partial charge in [-0.05, 0) is 44.5 Å². The minimum atomic E-state index is -3.10. The van der Waals surface area contributed by atoms with E-state index in [-0.39, 0.29) is 12.1 Å². The zero-order valence-electron chi connectivity index (χ0n) is 13.2. The van der Waals surface area contributed by atoms with Gasteiger partial charge in [-0.1, -0.05) is 12.1 Å². The van der Waals surface area contributed by atoms with Crippen LogP contribution in [0.2, 0.25) is 0 Å². The summed E-state index contributed by atoms with van der Waals surface area (Å²) < 4.78 is 23.0. The van der Waals surface area contributed by atoms with Crippen molar-refractivity contribution in [3.63, 3.8) is 0 Å². The van der Waals surface area contributed by atoms with Gasteiger partial charge in [0.05, 0.1) is 19.4 Å². The van der Waals surface area contributed by atoms with Crippen molar-refractivity contribution >= 4 is 19.2 Å². The third-order valence-corrected chi connectivity index (χ3v) is 4.93. The molecule has 0 aliphatic carbocycles. The maximum Gasteiger partial charge on any atom is 0.335 e. The van der Waals surface area contributed by atoms with Crippen molar-refractivity contribution < 1.29 is 18.4 Å². The lowest BCUT2D eigenvalue weighted by Gasteiger charge is -2.17. The average molecular weight is 328 g/mol. The smallest absolute Gasteiger partial charge is 0.330 e. The van der Waals surface area contributed by atoms with E-state index in [1.807, 2.05) is 12.1 Å². The number of anilines is 1. The molecular formula is C15H25N2O4P. The molecule has 0 aromatic heterocycles. The van der Waals surface area contributed by atoms with Crippen LogP contribution >= 0.6 is 7.60 Å². The molecule has 1 aromatic carbocycles. The van der Waals surface area contributed by atoms with E-state index in [4.69, 9.17) is 14.8 Å². The summed E-state index contributed by atoms with van der Waals surface area (Å²) in [5, 5.41) is 2.79. The van der Waals surface area contributed by atoms with E-state index in [1.54, 1.807) is 26.0 Å². The van der Waals surface area contributed by atoms with Crippen molar-refractivity contribution in [2.24, 2.45) is 5.73 Å². The van der Waals surface area contributed by atoms with Gasteiger partial charge in [-0.15, -0.1) is 0 Å². The van der Waals surface area contributed by atoms with Crippen LogP contribution in [0, 0.1) is 0 Å². The van der Waals surface area contributed by atoms with Gasteiger partial charge < -0.3 is 20.1 Å². The minimum absolute atomic E-state index is 0.0625. The van der Waals surface area contributed by atoms with Gasteiger partial charge in [-0.3, -0.25) is 9.36 Å². The van der Waals surface area contributed by atoms with Crippen LogP contribution in [0.3, 0.4) is 0 Å². The van der Waals surface area contributed by atoms with Gasteiger partial charge in [-0.2, -0.15) is 0 Å². The number of benzene rings is 1. The summed E-state index contributed by atoms with van der Waals surface area (Å²) in [5.41, 5.74) is 6.91. The SMILES string of the molecule is CCOP(=O)(Cc1ccc(NC(=O)CCCN)cc1)OCC. The first-order valence-electron chi connectivity index (χ1n) is 7.50. The van der Waals surface area contributed by atoms with E-state index in [1.165, 1.54) is 0 Å². The second kappa shape index (κ2) is 9.74. The summed E-state index contributed by atoms with van der Waals surface area (Å²) in [6, 6.07) is 7.17. The number of rotatable bonds is 10. The van der Waals surface area contributed by atoms with Crippen molar-refractivity contribution in [3.8, 4) is 0 Å². The number of carbonyl (C=O) groups is 1. The molecule has 0 aliphatic rings. The van der Waals surface area contributed by atoms with Crippen LogP contribution in [0.15, 0.2) is 24.3 Å². The van der Waals surface area contributed by atoms with Crippen molar-refractivity contribution in [1.82, 2.24) is 0 Å². The van der Waals surface area contributed by atoms with Gasteiger partial charge in [0.1, 0.15) is 0 Å². The first-order valence-corrected chi connectivity index (χ1v) is 9.22. The predicted octanol–water partition coefficient (Wildman–Crippen LogP) is 3.13. The van der Waals surface area contributed by atoms with Crippen molar-refractivity contribution in [1.29, 1.82) is 0 Å². The van der Waals surface area contributed by atoms with Crippen LogP contribution in [-0.2, 0) is 24.6 Å².